The minimum Gasteiger partial charge on any atom is -0.492 e. The summed E-state index contributed by atoms with van der Waals surface area (Å²) >= 11 is 3.35. The Bertz CT molecular complexity index is 368. The lowest BCUT2D eigenvalue weighted by Gasteiger charge is -2.10. The van der Waals surface area contributed by atoms with E-state index in [0.717, 1.165) is 16.5 Å². The Morgan fingerprint density at radius 3 is 2.79 bits per heavy atom. The number of aryl methyl sites for hydroxylation is 1. The summed E-state index contributed by atoms with van der Waals surface area (Å²) < 4.78 is 6.43. The number of rotatable bonds is 3. The molecule has 0 aromatic heterocycles. The Hall–Kier alpha value is -1.01. The second-order valence-electron chi connectivity index (χ2n) is 3.06. The summed E-state index contributed by atoms with van der Waals surface area (Å²) in [6.45, 7) is 4.63. The van der Waals surface area contributed by atoms with Gasteiger partial charge in [-0.15, -0.1) is 0 Å². The van der Waals surface area contributed by atoms with Gasteiger partial charge in [-0.1, -0.05) is 22.9 Å². The fourth-order valence-electron chi connectivity index (χ4n) is 1.21. The Kier molecular flexibility index (Phi) is 3.97. The van der Waals surface area contributed by atoms with Crippen LogP contribution in [-0.2, 0) is 0 Å². The first-order chi connectivity index (χ1) is 6.69. The molecule has 0 fully saturated rings. The average Bonchev–Trinajstić information content (AvgIpc) is 2.15. The van der Waals surface area contributed by atoms with Crippen molar-refractivity contribution < 1.29 is 4.74 Å². The maximum absolute atomic E-state index is 8.92. The topological polar surface area (TPSA) is 33.0 Å². The molecule has 0 N–H and O–H groups in total. The number of halogens is 1. The zero-order valence-corrected chi connectivity index (χ0v) is 9.89. The molecule has 0 unspecified atom stereocenters. The van der Waals surface area contributed by atoms with Crippen LogP contribution >= 0.6 is 15.9 Å². The molecule has 0 spiro atoms. The van der Waals surface area contributed by atoms with Crippen molar-refractivity contribution in [3.05, 3.63) is 27.7 Å². The van der Waals surface area contributed by atoms with Gasteiger partial charge in [0.1, 0.15) is 11.8 Å². The molecule has 3 heteroatoms. The van der Waals surface area contributed by atoms with Crippen LogP contribution in [0.1, 0.15) is 24.5 Å². The van der Waals surface area contributed by atoms with E-state index in [2.05, 4.69) is 22.0 Å². The van der Waals surface area contributed by atoms with Crippen LogP contribution in [0.5, 0.6) is 5.75 Å². The molecule has 0 aliphatic carbocycles. The highest BCUT2D eigenvalue weighted by Gasteiger charge is 2.07. The van der Waals surface area contributed by atoms with Crippen molar-refractivity contribution in [2.24, 2.45) is 0 Å². The number of nitriles is 1. The van der Waals surface area contributed by atoms with E-state index in [0.29, 0.717) is 17.9 Å². The Labute approximate surface area is 92.6 Å². The first-order valence-corrected chi connectivity index (χ1v) is 5.31. The van der Waals surface area contributed by atoms with Gasteiger partial charge in [0.05, 0.1) is 12.2 Å². The fourth-order valence-corrected chi connectivity index (χ4v) is 1.78. The third kappa shape index (κ3) is 2.49. The van der Waals surface area contributed by atoms with Crippen molar-refractivity contribution in [3.8, 4) is 11.8 Å². The van der Waals surface area contributed by atoms with Crippen molar-refractivity contribution in [1.82, 2.24) is 0 Å². The lowest BCUT2D eigenvalue weighted by atomic mass is 10.1. The van der Waals surface area contributed by atoms with Crippen LogP contribution in [-0.4, -0.2) is 6.61 Å². The monoisotopic (exact) mass is 253 g/mol. The molecular weight excluding hydrogens is 242 g/mol. The maximum atomic E-state index is 8.92. The van der Waals surface area contributed by atoms with Gasteiger partial charge in [-0.2, -0.15) is 5.26 Å². The SMILES string of the molecule is CCCOc1c(C)cc(Br)cc1C#N. The first kappa shape index (κ1) is 11.1. The number of hydrogen-bond acceptors (Lipinski definition) is 2. The molecule has 1 aromatic carbocycles. The van der Waals surface area contributed by atoms with E-state index in [1.54, 1.807) is 6.07 Å². The largest absolute Gasteiger partial charge is 0.492 e. The molecule has 0 radical (unpaired) electrons. The van der Waals surface area contributed by atoms with E-state index < -0.39 is 0 Å². The molecule has 0 saturated heterocycles. The van der Waals surface area contributed by atoms with E-state index in [4.69, 9.17) is 10.00 Å². The van der Waals surface area contributed by atoms with Gasteiger partial charge in [0, 0.05) is 4.47 Å². The van der Waals surface area contributed by atoms with Crippen LogP contribution in [0.3, 0.4) is 0 Å². The summed E-state index contributed by atoms with van der Waals surface area (Å²) in [6, 6.07) is 5.86. The van der Waals surface area contributed by atoms with Crippen LogP contribution in [0, 0.1) is 18.3 Å². The zero-order valence-electron chi connectivity index (χ0n) is 8.30. The quantitative estimate of drug-likeness (QED) is 0.827. The molecule has 2 nitrogen and oxygen atoms in total. The van der Waals surface area contributed by atoms with Crippen LogP contribution in [0.4, 0.5) is 0 Å². The van der Waals surface area contributed by atoms with E-state index in [9.17, 15) is 0 Å². The van der Waals surface area contributed by atoms with Crippen molar-refractivity contribution in [2.75, 3.05) is 6.61 Å². The predicted molar refractivity (Wildman–Crippen MR) is 59.4 cm³/mol. The highest BCUT2D eigenvalue weighted by molar-refractivity contribution is 9.10. The number of ether oxygens (including phenoxy) is 1. The predicted octanol–water partition coefficient (Wildman–Crippen LogP) is 3.42. The maximum Gasteiger partial charge on any atom is 0.140 e. The van der Waals surface area contributed by atoms with Gasteiger partial charge in [0.15, 0.2) is 0 Å². The van der Waals surface area contributed by atoms with Gasteiger partial charge in [-0.25, -0.2) is 0 Å². The van der Waals surface area contributed by atoms with Crippen LogP contribution in [0.15, 0.2) is 16.6 Å². The molecule has 0 aliphatic rings. The molecule has 1 rings (SSSR count). The molecule has 0 saturated carbocycles. The van der Waals surface area contributed by atoms with Gasteiger partial charge >= 0.3 is 0 Å². The van der Waals surface area contributed by atoms with Crippen molar-refractivity contribution >= 4 is 15.9 Å². The minimum atomic E-state index is 0.588. The standard InChI is InChI=1S/C11H12BrNO/c1-3-4-14-11-8(2)5-10(12)6-9(11)7-13/h5-6H,3-4H2,1-2H3. The fraction of sp³-hybridized carbons (Fsp3) is 0.364. The van der Waals surface area contributed by atoms with E-state index in [1.165, 1.54) is 0 Å². The van der Waals surface area contributed by atoms with Gasteiger partial charge in [0.25, 0.3) is 0 Å². The molecule has 14 heavy (non-hydrogen) atoms. The Balaban J connectivity index is 3.07. The third-order valence-electron chi connectivity index (χ3n) is 1.81. The molecule has 0 aliphatic heterocycles. The van der Waals surface area contributed by atoms with E-state index in [1.807, 2.05) is 19.9 Å². The summed E-state index contributed by atoms with van der Waals surface area (Å²) in [6.07, 6.45) is 0.945. The number of benzene rings is 1. The lowest BCUT2D eigenvalue weighted by molar-refractivity contribution is 0.314. The highest BCUT2D eigenvalue weighted by atomic mass is 79.9. The van der Waals surface area contributed by atoms with Gasteiger partial charge in [-0.05, 0) is 31.0 Å². The van der Waals surface area contributed by atoms with Gasteiger partial charge in [0.2, 0.25) is 0 Å². The summed E-state index contributed by atoms with van der Waals surface area (Å²) in [5.74, 6) is 0.706. The highest BCUT2D eigenvalue weighted by Crippen LogP contribution is 2.27. The second kappa shape index (κ2) is 5.02. The second-order valence-corrected chi connectivity index (χ2v) is 3.98. The van der Waals surface area contributed by atoms with E-state index in [-0.39, 0.29) is 0 Å². The Morgan fingerprint density at radius 2 is 2.21 bits per heavy atom. The summed E-state index contributed by atoms with van der Waals surface area (Å²) in [4.78, 5) is 0. The molecule has 0 atom stereocenters. The molecular formula is C11H12BrNO. The zero-order chi connectivity index (χ0) is 10.6. The number of nitrogens with zero attached hydrogens (tertiary/aromatic N) is 1. The first-order valence-electron chi connectivity index (χ1n) is 4.52. The lowest BCUT2D eigenvalue weighted by Crippen LogP contribution is -1.99. The third-order valence-corrected chi connectivity index (χ3v) is 2.27. The molecule has 1 aromatic rings. The normalized spacial score (nSPS) is 9.57. The van der Waals surface area contributed by atoms with Crippen LogP contribution in [0.2, 0.25) is 0 Å². The Morgan fingerprint density at radius 1 is 1.50 bits per heavy atom. The van der Waals surface area contributed by atoms with Crippen LogP contribution < -0.4 is 4.74 Å². The number of hydrogen-bond donors (Lipinski definition) is 0. The van der Waals surface area contributed by atoms with Crippen LogP contribution in [0.25, 0.3) is 0 Å². The van der Waals surface area contributed by atoms with Gasteiger partial charge in [-0.3, -0.25) is 0 Å². The molecule has 0 heterocycles. The average molecular weight is 254 g/mol. The smallest absolute Gasteiger partial charge is 0.140 e. The molecule has 0 bridgehead atoms. The molecule has 74 valence electrons. The summed E-state index contributed by atoms with van der Waals surface area (Å²) in [7, 11) is 0. The van der Waals surface area contributed by atoms with Crippen molar-refractivity contribution in [2.45, 2.75) is 20.3 Å². The van der Waals surface area contributed by atoms with E-state index >= 15 is 0 Å². The minimum absolute atomic E-state index is 0.588. The van der Waals surface area contributed by atoms with Gasteiger partial charge < -0.3 is 4.74 Å². The van der Waals surface area contributed by atoms with Crippen molar-refractivity contribution in [1.29, 1.82) is 5.26 Å². The molecule has 0 amide bonds. The summed E-state index contributed by atoms with van der Waals surface area (Å²) in [5.41, 5.74) is 1.58. The van der Waals surface area contributed by atoms with Crippen molar-refractivity contribution in [3.63, 3.8) is 0 Å². The summed E-state index contributed by atoms with van der Waals surface area (Å²) in [5, 5.41) is 8.92.